The number of pyridine rings is 1. The molecule has 0 spiro atoms. The monoisotopic (exact) mass is 299 g/mol. The van der Waals surface area contributed by atoms with Crippen LogP contribution >= 0.6 is 0 Å². The maximum absolute atomic E-state index is 12.8. The number of nitrogen functional groups attached to an aromatic ring is 2. The Hall–Kier alpha value is -2.60. The highest BCUT2D eigenvalue weighted by Crippen LogP contribution is 2.29. The lowest BCUT2D eigenvalue weighted by molar-refractivity contribution is 0.597. The van der Waals surface area contributed by atoms with Crippen LogP contribution in [-0.2, 0) is 9.84 Å². The molecule has 0 unspecified atom stereocenters. The molecule has 0 saturated carbocycles. The van der Waals surface area contributed by atoms with Crippen LogP contribution in [0.2, 0.25) is 0 Å². The first-order valence-corrected chi connectivity index (χ1v) is 7.71. The van der Waals surface area contributed by atoms with Gasteiger partial charge in [-0.25, -0.2) is 8.42 Å². The number of benzene rings is 2. The van der Waals surface area contributed by atoms with E-state index >= 15 is 0 Å². The molecule has 1 aromatic heterocycles. The Bertz CT molecular complexity index is 931. The third-order valence-electron chi connectivity index (χ3n) is 3.30. The fraction of sp³-hybridized carbons (Fsp3) is 0. The number of anilines is 2. The molecule has 2 aromatic carbocycles. The minimum Gasteiger partial charge on any atom is -0.397 e. The van der Waals surface area contributed by atoms with Crippen LogP contribution in [0.15, 0.2) is 64.6 Å². The van der Waals surface area contributed by atoms with Gasteiger partial charge in [0.1, 0.15) is 0 Å². The third kappa shape index (κ3) is 2.19. The van der Waals surface area contributed by atoms with Crippen molar-refractivity contribution in [3.05, 3.63) is 54.9 Å². The number of rotatable bonds is 2. The van der Waals surface area contributed by atoms with Gasteiger partial charge in [-0.2, -0.15) is 0 Å². The highest BCUT2D eigenvalue weighted by molar-refractivity contribution is 7.91. The van der Waals surface area contributed by atoms with E-state index in [2.05, 4.69) is 4.98 Å². The molecule has 6 heteroatoms. The lowest BCUT2D eigenvalue weighted by atomic mass is 10.2. The van der Waals surface area contributed by atoms with Crippen LogP contribution in [-0.4, -0.2) is 13.4 Å². The Morgan fingerprint density at radius 2 is 1.76 bits per heavy atom. The van der Waals surface area contributed by atoms with Gasteiger partial charge in [-0.15, -0.1) is 0 Å². The zero-order chi connectivity index (χ0) is 15.0. The van der Waals surface area contributed by atoms with E-state index in [-0.39, 0.29) is 15.5 Å². The minimum absolute atomic E-state index is 0.124. The molecular formula is C15H13N3O2S. The van der Waals surface area contributed by atoms with Crippen LogP contribution < -0.4 is 11.5 Å². The van der Waals surface area contributed by atoms with Crippen LogP contribution in [0.4, 0.5) is 11.4 Å². The zero-order valence-electron chi connectivity index (χ0n) is 11.0. The van der Waals surface area contributed by atoms with Gasteiger partial charge in [0.05, 0.1) is 21.2 Å². The molecule has 5 nitrogen and oxygen atoms in total. The van der Waals surface area contributed by atoms with Crippen molar-refractivity contribution in [2.45, 2.75) is 9.79 Å². The fourth-order valence-corrected chi connectivity index (χ4v) is 3.69. The first-order valence-electron chi connectivity index (χ1n) is 6.23. The average molecular weight is 299 g/mol. The topological polar surface area (TPSA) is 99.1 Å². The maximum Gasteiger partial charge on any atom is 0.207 e. The van der Waals surface area contributed by atoms with Crippen molar-refractivity contribution in [1.82, 2.24) is 4.98 Å². The summed E-state index contributed by atoms with van der Waals surface area (Å²) in [7, 11) is -3.67. The Labute approximate surface area is 122 Å². The zero-order valence-corrected chi connectivity index (χ0v) is 11.8. The lowest BCUT2D eigenvalue weighted by Crippen LogP contribution is -2.05. The predicted molar refractivity (Wildman–Crippen MR) is 82.5 cm³/mol. The van der Waals surface area contributed by atoms with E-state index in [4.69, 9.17) is 11.5 Å². The first kappa shape index (κ1) is 13.4. The highest BCUT2D eigenvalue weighted by atomic mass is 32.2. The van der Waals surface area contributed by atoms with Gasteiger partial charge in [-0.3, -0.25) is 4.98 Å². The number of sulfone groups is 1. The molecule has 0 aliphatic heterocycles. The van der Waals surface area contributed by atoms with Crippen LogP contribution in [0.5, 0.6) is 0 Å². The molecule has 0 fully saturated rings. The van der Waals surface area contributed by atoms with Crippen molar-refractivity contribution >= 4 is 32.0 Å². The number of nitrogens with two attached hydrogens (primary N) is 2. The van der Waals surface area contributed by atoms with Crippen molar-refractivity contribution in [2.75, 3.05) is 11.5 Å². The summed E-state index contributed by atoms with van der Waals surface area (Å²) in [5.74, 6) is 0. The van der Waals surface area contributed by atoms with E-state index in [1.54, 1.807) is 30.6 Å². The van der Waals surface area contributed by atoms with Gasteiger partial charge in [0.15, 0.2) is 0 Å². The van der Waals surface area contributed by atoms with Gasteiger partial charge in [0.2, 0.25) is 9.84 Å². The number of aromatic nitrogens is 1. The van der Waals surface area contributed by atoms with Gasteiger partial charge in [0.25, 0.3) is 0 Å². The largest absolute Gasteiger partial charge is 0.397 e. The molecule has 0 atom stereocenters. The predicted octanol–water partition coefficient (Wildman–Crippen LogP) is 2.23. The van der Waals surface area contributed by atoms with Gasteiger partial charge in [0, 0.05) is 23.2 Å². The Balaban J connectivity index is 2.27. The molecular weight excluding hydrogens is 286 g/mol. The second-order valence-corrected chi connectivity index (χ2v) is 6.57. The second-order valence-electron chi connectivity index (χ2n) is 4.65. The summed E-state index contributed by atoms with van der Waals surface area (Å²) < 4.78 is 25.6. The van der Waals surface area contributed by atoms with Crippen molar-refractivity contribution < 1.29 is 8.42 Å². The summed E-state index contributed by atoms with van der Waals surface area (Å²) in [5, 5.41) is 1.39. The van der Waals surface area contributed by atoms with Gasteiger partial charge >= 0.3 is 0 Å². The molecule has 0 saturated heterocycles. The molecule has 106 valence electrons. The van der Waals surface area contributed by atoms with Crippen molar-refractivity contribution in [1.29, 1.82) is 0 Å². The second kappa shape index (κ2) is 4.75. The third-order valence-corrected chi connectivity index (χ3v) is 5.11. The molecule has 21 heavy (non-hydrogen) atoms. The van der Waals surface area contributed by atoms with Crippen molar-refractivity contribution in [2.24, 2.45) is 0 Å². The standard InChI is InChI=1S/C15H13N3O2S/c16-13-5-4-11(8-14(13)17)21(19,20)15-3-1-2-10-9-18-7-6-12(10)15/h1-9H,16-17H2. The Morgan fingerprint density at radius 1 is 0.952 bits per heavy atom. The van der Waals surface area contributed by atoms with E-state index < -0.39 is 9.84 Å². The number of hydrogen-bond donors (Lipinski definition) is 2. The van der Waals surface area contributed by atoms with E-state index in [1.807, 2.05) is 6.07 Å². The minimum atomic E-state index is -3.67. The summed E-state index contributed by atoms with van der Waals surface area (Å²) in [6.07, 6.45) is 3.20. The SMILES string of the molecule is Nc1ccc(S(=O)(=O)c2cccc3cnccc23)cc1N. The van der Waals surface area contributed by atoms with Crippen LogP contribution in [0.1, 0.15) is 0 Å². The maximum atomic E-state index is 12.8. The average Bonchev–Trinajstić information content (AvgIpc) is 2.49. The lowest BCUT2D eigenvalue weighted by Gasteiger charge is -2.09. The smallest absolute Gasteiger partial charge is 0.207 e. The Kier molecular flexibility index (Phi) is 3.03. The van der Waals surface area contributed by atoms with Crippen LogP contribution in [0.25, 0.3) is 10.8 Å². The Morgan fingerprint density at radius 3 is 2.52 bits per heavy atom. The summed E-state index contributed by atoms with van der Waals surface area (Å²) >= 11 is 0. The van der Waals surface area contributed by atoms with E-state index in [0.717, 1.165) is 5.39 Å². The molecule has 0 bridgehead atoms. The van der Waals surface area contributed by atoms with Gasteiger partial charge < -0.3 is 11.5 Å². The molecule has 0 radical (unpaired) electrons. The number of fused-ring (bicyclic) bond motifs is 1. The highest BCUT2D eigenvalue weighted by Gasteiger charge is 2.20. The molecule has 3 aromatic rings. The normalized spacial score (nSPS) is 11.6. The molecule has 0 aliphatic rings. The van der Waals surface area contributed by atoms with Gasteiger partial charge in [-0.05, 0) is 30.3 Å². The van der Waals surface area contributed by atoms with Crippen LogP contribution in [0, 0.1) is 0 Å². The molecule has 0 aliphatic carbocycles. The van der Waals surface area contributed by atoms with E-state index in [9.17, 15) is 8.42 Å². The number of hydrogen-bond acceptors (Lipinski definition) is 5. The van der Waals surface area contributed by atoms with Gasteiger partial charge in [-0.1, -0.05) is 12.1 Å². The van der Waals surface area contributed by atoms with E-state index in [0.29, 0.717) is 11.1 Å². The quantitative estimate of drug-likeness (QED) is 0.707. The molecule has 3 rings (SSSR count). The number of nitrogens with zero attached hydrogens (tertiary/aromatic N) is 1. The van der Waals surface area contributed by atoms with E-state index in [1.165, 1.54) is 18.2 Å². The molecule has 4 N–H and O–H groups in total. The summed E-state index contributed by atoms with van der Waals surface area (Å²) in [5.41, 5.74) is 11.9. The molecule has 1 heterocycles. The summed E-state index contributed by atoms with van der Waals surface area (Å²) in [6, 6.07) is 11.1. The van der Waals surface area contributed by atoms with Crippen LogP contribution in [0.3, 0.4) is 0 Å². The summed E-state index contributed by atoms with van der Waals surface area (Å²) in [4.78, 5) is 4.36. The summed E-state index contributed by atoms with van der Waals surface area (Å²) in [6.45, 7) is 0. The first-order chi connectivity index (χ1) is 10.00. The molecule has 0 amide bonds. The van der Waals surface area contributed by atoms with Crippen molar-refractivity contribution in [3.8, 4) is 0 Å². The fourth-order valence-electron chi connectivity index (χ4n) is 2.17. The van der Waals surface area contributed by atoms with Crippen molar-refractivity contribution in [3.63, 3.8) is 0 Å².